The lowest BCUT2D eigenvalue weighted by Crippen LogP contribution is -2.22. The van der Waals surface area contributed by atoms with Crippen molar-refractivity contribution in [2.45, 2.75) is 0 Å². The van der Waals surface area contributed by atoms with E-state index < -0.39 is 0 Å². The molecule has 2 aromatic carbocycles. The summed E-state index contributed by atoms with van der Waals surface area (Å²) in [7, 11) is 7.68. The molecule has 0 heterocycles. The monoisotopic (exact) mass is 376 g/mol. The molecule has 0 spiro atoms. The van der Waals surface area contributed by atoms with Gasteiger partial charge in [0.05, 0.1) is 47.8 Å². The number of methoxy groups -OCH3 is 5. The summed E-state index contributed by atoms with van der Waals surface area (Å²) in [6.07, 6.45) is 0. The number of carbonyl (C=O) groups is 1. The molecule has 8 nitrogen and oxygen atoms in total. The molecule has 27 heavy (non-hydrogen) atoms. The number of rotatable bonds is 9. The molecule has 0 saturated heterocycles. The highest BCUT2D eigenvalue weighted by atomic mass is 16.5. The summed E-state index contributed by atoms with van der Waals surface area (Å²) >= 11 is 0. The maximum Gasteiger partial charge on any atom is 0.243 e. The molecule has 0 aliphatic heterocycles. The first kappa shape index (κ1) is 20.0. The summed E-state index contributed by atoms with van der Waals surface area (Å²) in [6, 6.07) is 8.61. The summed E-state index contributed by atoms with van der Waals surface area (Å²) in [5.74, 6) is 2.37. The Hall–Kier alpha value is -3.29. The van der Waals surface area contributed by atoms with Crippen molar-refractivity contribution in [2.75, 3.05) is 52.7 Å². The lowest BCUT2D eigenvalue weighted by atomic mass is 10.2. The Morgan fingerprint density at radius 3 is 1.96 bits per heavy atom. The zero-order valence-electron chi connectivity index (χ0n) is 16.0. The standard InChI is InChI=1S/C19H24N2O6/c1-23-13-6-7-15(24-2)14(10-13)20-11-18(22)21-12-8-16(25-3)19(27-5)17(9-12)26-4/h6-10,20H,11H2,1-5H3,(H,21,22). The first-order chi connectivity index (χ1) is 13.1. The van der Waals surface area contributed by atoms with E-state index in [1.165, 1.54) is 21.3 Å². The van der Waals surface area contributed by atoms with Crippen molar-refractivity contribution < 1.29 is 28.5 Å². The third kappa shape index (κ3) is 4.87. The van der Waals surface area contributed by atoms with E-state index in [2.05, 4.69) is 10.6 Å². The Bertz CT molecular complexity index is 769. The van der Waals surface area contributed by atoms with Gasteiger partial charge in [0.25, 0.3) is 0 Å². The highest BCUT2D eigenvalue weighted by Gasteiger charge is 2.15. The number of benzene rings is 2. The SMILES string of the molecule is COc1ccc(OC)c(NCC(=O)Nc2cc(OC)c(OC)c(OC)c2)c1. The third-order valence-electron chi connectivity index (χ3n) is 3.79. The van der Waals surface area contributed by atoms with E-state index in [0.717, 1.165) is 0 Å². The van der Waals surface area contributed by atoms with Gasteiger partial charge >= 0.3 is 0 Å². The van der Waals surface area contributed by atoms with Crippen molar-refractivity contribution in [3.05, 3.63) is 30.3 Å². The summed E-state index contributed by atoms with van der Waals surface area (Å²) < 4.78 is 26.3. The highest BCUT2D eigenvalue weighted by Crippen LogP contribution is 2.39. The predicted molar refractivity (Wildman–Crippen MR) is 103 cm³/mol. The Morgan fingerprint density at radius 2 is 1.44 bits per heavy atom. The molecule has 0 radical (unpaired) electrons. The minimum absolute atomic E-state index is 0.0280. The maximum absolute atomic E-state index is 12.3. The molecule has 2 aromatic rings. The van der Waals surface area contributed by atoms with Crippen LogP contribution >= 0.6 is 0 Å². The molecule has 0 fully saturated rings. The van der Waals surface area contributed by atoms with Gasteiger partial charge in [-0.2, -0.15) is 0 Å². The Labute approximate surface area is 158 Å². The largest absolute Gasteiger partial charge is 0.497 e. The van der Waals surface area contributed by atoms with E-state index in [1.54, 1.807) is 44.6 Å². The van der Waals surface area contributed by atoms with Gasteiger partial charge in [-0.3, -0.25) is 4.79 Å². The number of nitrogens with one attached hydrogen (secondary N) is 2. The first-order valence-corrected chi connectivity index (χ1v) is 8.12. The van der Waals surface area contributed by atoms with Crippen LogP contribution in [0, 0.1) is 0 Å². The second-order valence-corrected chi connectivity index (χ2v) is 5.38. The molecular formula is C19H24N2O6. The molecule has 0 aliphatic carbocycles. The predicted octanol–water partition coefficient (Wildman–Crippen LogP) is 2.78. The average molecular weight is 376 g/mol. The molecule has 2 N–H and O–H groups in total. The van der Waals surface area contributed by atoms with Crippen molar-refractivity contribution in [1.29, 1.82) is 0 Å². The molecule has 0 atom stereocenters. The molecular weight excluding hydrogens is 352 g/mol. The Kier molecular flexibility index (Phi) is 6.99. The van der Waals surface area contributed by atoms with Gasteiger partial charge in [-0.05, 0) is 12.1 Å². The smallest absolute Gasteiger partial charge is 0.243 e. The molecule has 0 unspecified atom stereocenters. The zero-order valence-corrected chi connectivity index (χ0v) is 16.0. The molecule has 0 saturated carbocycles. The molecule has 0 bridgehead atoms. The molecule has 8 heteroatoms. The molecule has 2 rings (SSSR count). The van der Waals surface area contributed by atoms with Gasteiger partial charge in [0.15, 0.2) is 11.5 Å². The zero-order chi connectivity index (χ0) is 19.8. The first-order valence-electron chi connectivity index (χ1n) is 8.12. The summed E-state index contributed by atoms with van der Waals surface area (Å²) in [6.45, 7) is 0.0280. The quantitative estimate of drug-likeness (QED) is 0.696. The van der Waals surface area contributed by atoms with Crippen LogP contribution in [0.2, 0.25) is 0 Å². The van der Waals surface area contributed by atoms with Gasteiger partial charge in [-0.1, -0.05) is 0 Å². The van der Waals surface area contributed by atoms with Gasteiger partial charge in [0, 0.05) is 23.9 Å². The van der Waals surface area contributed by atoms with Crippen LogP contribution in [0.3, 0.4) is 0 Å². The van der Waals surface area contributed by atoms with Crippen LogP contribution < -0.4 is 34.3 Å². The van der Waals surface area contributed by atoms with E-state index in [9.17, 15) is 4.79 Å². The van der Waals surface area contributed by atoms with Gasteiger partial charge in [-0.25, -0.2) is 0 Å². The molecule has 146 valence electrons. The lowest BCUT2D eigenvalue weighted by Gasteiger charge is -2.15. The van der Waals surface area contributed by atoms with Crippen molar-refractivity contribution >= 4 is 17.3 Å². The van der Waals surface area contributed by atoms with Crippen molar-refractivity contribution in [3.63, 3.8) is 0 Å². The number of amides is 1. The van der Waals surface area contributed by atoms with Crippen molar-refractivity contribution in [2.24, 2.45) is 0 Å². The topological polar surface area (TPSA) is 87.3 Å². The second-order valence-electron chi connectivity index (χ2n) is 5.38. The average Bonchev–Trinajstić information content (AvgIpc) is 2.70. The maximum atomic E-state index is 12.3. The summed E-state index contributed by atoms with van der Waals surface area (Å²) in [5.41, 5.74) is 1.17. The Morgan fingerprint density at radius 1 is 0.815 bits per heavy atom. The lowest BCUT2D eigenvalue weighted by molar-refractivity contribution is -0.114. The van der Waals surface area contributed by atoms with Crippen LogP contribution in [0.15, 0.2) is 30.3 Å². The fourth-order valence-electron chi connectivity index (χ4n) is 2.49. The van der Waals surface area contributed by atoms with Crippen LogP contribution in [-0.4, -0.2) is 48.0 Å². The van der Waals surface area contributed by atoms with E-state index in [4.69, 9.17) is 23.7 Å². The molecule has 0 aromatic heterocycles. The van der Waals surface area contributed by atoms with Crippen molar-refractivity contribution in [3.8, 4) is 28.7 Å². The van der Waals surface area contributed by atoms with E-state index in [-0.39, 0.29) is 12.5 Å². The van der Waals surface area contributed by atoms with Crippen LogP contribution in [0.1, 0.15) is 0 Å². The number of carbonyl (C=O) groups excluding carboxylic acids is 1. The van der Waals surface area contributed by atoms with E-state index >= 15 is 0 Å². The van der Waals surface area contributed by atoms with Crippen LogP contribution in [-0.2, 0) is 4.79 Å². The molecule has 1 amide bonds. The molecule has 0 aliphatic rings. The third-order valence-corrected chi connectivity index (χ3v) is 3.79. The summed E-state index contributed by atoms with van der Waals surface area (Å²) in [4.78, 5) is 12.3. The van der Waals surface area contributed by atoms with Crippen LogP contribution in [0.25, 0.3) is 0 Å². The number of ether oxygens (including phenoxy) is 5. The fourth-order valence-corrected chi connectivity index (χ4v) is 2.49. The highest BCUT2D eigenvalue weighted by molar-refractivity contribution is 5.94. The van der Waals surface area contributed by atoms with Crippen LogP contribution in [0.5, 0.6) is 28.7 Å². The Balaban J connectivity index is 2.10. The summed E-state index contributed by atoms with van der Waals surface area (Å²) in [5, 5.41) is 5.82. The van der Waals surface area contributed by atoms with Gasteiger partial charge < -0.3 is 34.3 Å². The van der Waals surface area contributed by atoms with Gasteiger partial charge in [0.1, 0.15) is 11.5 Å². The number of anilines is 2. The van der Waals surface area contributed by atoms with E-state index in [1.807, 2.05) is 0 Å². The van der Waals surface area contributed by atoms with Crippen molar-refractivity contribution in [1.82, 2.24) is 0 Å². The fraction of sp³-hybridized carbons (Fsp3) is 0.316. The number of hydrogen-bond acceptors (Lipinski definition) is 7. The van der Waals surface area contributed by atoms with Crippen LogP contribution in [0.4, 0.5) is 11.4 Å². The van der Waals surface area contributed by atoms with Gasteiger partial charge in [0.2, 0.25) is 11.7 Å². The normalized spacial score (nSPS) is 9.96. The minimum atomic E-state index is -0.255. The number of hydrogen-bond donors (Lipinski definition) is 2. The van der Waals surface area contributed by atoms with Gasteiger partial charge in [-0.15, -0.1) is 0 Å². The second kappa shape index (κ2) is 9.42. The minimum Gasteiger partial charge on any atom is -0.497 e. The van der Waals surface area contributed by atoms with E-state index in [0.29, 0.717) is 40.1 Å².